The normalized spacial score (nSPS) is 10.8. The molecule has 5 heteroatoms. The SMILES string of the molecule is CC(C)n1ncc(Cl)c1CC(=N)N. The van der Waals surface area contributed by atoms with E-state index in [2.05, 4.69) is 5.10 Å². The van der Waals surface area contributed by atoms with E-state index in [9.17, 15) is 0 Å². The van der Waals surface area contributed by atoms with E-state index in [1.54, 1.807) is 10.9 Å². The van der Waals surface area contributed by atoms with Crippen molar-refractivity contribution in [3.63, 3.8) is 0 Å². The molecule has 0 aliphatic rings. The van der Waals surface area contributed by atoms with Crippen LogP contribution in [0.25, 0.3) is 0 Å². The van der Waals surface area contributed by atoms with Gasteiger partial charge in [0, 0.05) is 12.5 Å². The summed E-state index contributed by atoms with van der Waals surface area (Å²) in [6, 6.07) is 0.238. The molecule has 1 aromatic rings. The van der Waals surface area contributed by atoms with Crippen LogP contribution in [0.3, 0.4) is 0 Å². The summed E-state index contributed by atoms with van der Waals surface area (Å²) in [5.41, 5.74) is 6.11. The fourth-order valence-electron chi connectivity index (χ4n) is 1.16. The van der Waals surface area contributed by atoms with Gasteiger partial charge in [0.15, 0.2) is 0 Å². The van der Waals surface area contributed by atoms with Crippen LogP contribution in [-0.4, -0.2) is 15.6 Å². The van der Waals surface area contributed by atoms with Crippen LogP contribution >= 0.6 is 11.6 Å². The average Bonchev–Trinajstić information content (AvgIpc) is 2.32. The van der Waals surface area contributed by atoms with Crippen LogP contribution in [0.1, 0.15) is 25.6 Å². The first-order valence-electron chi connectivity index (χ1n) is 4.07. The van der Waals surface area contributed by atoms with Crippen molar-refractivity contribution in [1.82, 2.24) is 9.78 Å². The zero-order valence-corrected chi connectivity index (χ0v) is 8.47. The Kier molecular flexibility index (Phi) is 2.93. The van der Waals surface area contributed by atoms with E-state index in [0.29, 0.717) is 11.4 Å². The molecule has 0 bridgehead atoms. The molecule has 4 nitrogen and oxygen atoms in total. The van der Waals surface area contributed by atoms with Crippen molar-refractivity contribution in [2.75, 3.05) is 0 Å². The molecule has 0 saturated heterocycles. The topological polar surface area (TPSA) is 67.7 Å². The minimum Gasteiger partial charge on any atom is -0.387 e. The molecule has 0 aliphatic carbocycles. The molecule has 1 aromatic heterocycles. The molecule has 0 fully saturated rings. The van der Waals surface area contributed by atoms with Gasteiger partial charge in [-0.05, 0) is 13.8 Å². The van der Waals surface area contributed by atoms with E-state index in [4.69, 9.17) is 22.7 Å². The largest absolute Gasteiger partial charge is 0.387 e. The Balaban J connectivity index is 3.01. The minimum atomic E-state index is 0.101. The van der Waals surface area contributed by atoms with Crippen molar-refractivity contribution in [3.05, 3.63) is 16.9 Å². The molecule has 0 atom stereocenters. The van der Waals surface area contributed by atoms with E-state index in [-0.39, 0.29) is 11.9 Å². The van der Waals surface area contributed by atoms with Crippen molar-refractivity contribution in [1.29, 1.82) is 5.41 Å². The van der Waals surface area contributed by atoms with Gasteiger partial charge >= 0.3 is 0 Å². The summed E-state index contributed by atoms with van der Waals surface area (Å²) in [5.74, 6) is 0.101. The quantitative estimate of drug-likeness (QED) is 0.575. The Hall–Kier alpha value is -1.03. The second-order valence-electron chi connectivity index (χ2n) is 3.18. The Labute approximate surface area is 82.2 Å². The van der Waals surface area contributed by atoms with Crippen molar-refractivity contribution >= 4 is 17.4 Å². The number of amidine groups is 1. The molecule has 0 aromatic carbocycles. The summed E-state index contributed by atoms with van der Waals surface area (Å²) in [5, 5.41) is 11.9. The third-order valence-corrected chi connectivity index (χ3v) is 2.01. The lowest BCUT2D eigenvalue weighted by Gasteiger charge is -2.10. The minimum absolute atomic E-state index is 0.101. The summed E-state index contributed by atoms with van der Waals surface area (Å²) in [6.45, 7) is 4.01. The lowest BCUT2D eigenvalue weighted by Crippen LogP contribution is -2.17. The third-order valence-electron chi connectivity index (χ3n) is 1.69. The van der Waals surface area contributed by atoms with Gasteiger partial charge in [-0.3, -0.25) is 10.1 Å². The maximum absolute atomic E-state index is 7.18. The molecule has 3 N–H and O–H groups in total. The van der Waals surface area contributed by atoms with Crippen LogP contribution in [0.15, 0.2) is 6.20 Å². The highest BCUT2D eigenvalue weighted by molar-refractivity contribution is 6.31. The molecule has 72 valence electrons. The van der Waals surface area contributed by atoms with E-state index >= 15 is 0 Å². The molecule has 0 radical (unpaired) electrons. The lowest BCUT2D eigenvalue weighted by atomic mass is 10.2. The fourth-order valence-corrected chi connectivity index (χ4v) is 1.35. The summed E-state index contributed by atoms with van der Waals surface area (Å²) in [7, 11) is 0. The lowest BCUT2D eigenvalue weighted by molar-refractivity contribution is 0.516. The smallest absolute Gasteiger partial charge is 0.0966 e. The van der Waals surface area contributed by atoms with E-state index < -0.39 is 0 Å². The van der Waals surface area contributed by atoms with Gasteiger partial charge in [-0.2, -0.15) is 5.10 Å². The first-order chi connectivity index (χ1) is 6.02. The number of nitrogens with two attached hydrogens (primary N) is 1. The van der Waals surface area contributed by atoms with Crippen LogP contribution in [0.4, 0.5) is 0 Å². The van der Waals surface area contributed by atoms with Crippen LogP contribution in [0.5, 0.6) is 0 Å². The van der Waals surface area contributed by atoms with Crippen molar-refractivity contribution in [3.8, 4) is 0 Å². The monoisotopic (exact) mass is 200 g/mol. The maximum Gasteiger partial charge on any atom is 0.0966 e. The number of aromatic nitrogens is 2. The zero-order chi connectivity index (χ0) is 10.0. The molecule has 0 aliphatic heterocycles. The maximum atomic E-state index is 7.18. The average molecular weight is 201 g/mol. The van der Waals surface area contributed by atoms with Gasteiger partial charge in [0.1, 0.15) is 0 Å². The highest BCUT2D eigenvalue weighted by Gasteiger charge is 2.11. The number of hydrogen-bond acceptors (Lipinski definition) is 2. The number of hydrogen-bond donors (Lipinski definition) is 2. The third kappa shape index (κ3) is 2.21. The van der Waals surface area contributed by atoms with E-state index in [0.717, 1.165) is 5.69 Å². The summed E-state index contributed by atoms with van der Waals surface area (Å²) in [4.78, 5) is 0. The zero-order valence-electron chi connectivity index (χ0n) is 7.71. The molecule has 1 heterocycles. The van der Waals surface area contributed by atoms with E-state index in [1.807, 2.05) is 13.8 Å². The van der Waals surface area contributed by atoms with Gasteiger partial charge in [-0.1, -0.05) is 11.6 Å². The molecule has 0 amide bonds. The second-order valence-corrected chi connectivity index (χ2v) is 3.59. The molecule has 1 rings (SSSR count). The Morgan fingerprint density at radius 2 is 2.38 bits per heavy atom. The van der Waals surface area contributed by atoms with Crippen molar-refractivity contribution in [2.24, 2.45) is 5.73 Å². The molecular formula is C8H13ClN4. The second kappa shape index (κ2) is 3.79. The number of rotatable bonds is 3. The summed E-state index contributed by atoms with van der Waals surface area (Å²) >= 11 is 5.90. The van der Waals surface area contributed by atoms with Crippen LogP contribution in [-0.2, 0) is 6.42 Å². The summed E-state index contributed by atoms with van der Waals surface area (Å²) in [6.07, 6.45) is 1.94. The highest BCUT2D eigenvalue weighted by Crippen LogP contribution is 2.18. The number of nitrogens with one attached hydrogen (secondary N) is 1. The van der Waals surface area contributed by atoms with Crippen molar-refractivity contribution < 1.29 is 0 Å². The van der Waals surface area contributed by atoms with Crippen molar-refractivity contribution in [2.45, 2.75) is 26.3 Å². The predicted octanol–water partition coefficient (Wildman–Crippen LogP) is 1.60. The van der Waals surface area contributed by atoms with Crippen LogP contribution in [0, 0.1) is 5.41 Å². The molecule has 0 unspecified atom stereocenters. The predicted molar refractivity (Wildman–Crippen MR) is 53.2 cm³/mol. The number of nitrogens with zero attached hydrogens (tertiary/aromatic N) is 2. The Morgan fingerprint density at radius 3 is 2.85 bits per heavy atom. The van der Waals surface area contributed by atoms with Gasteiger partial charge in [0.2, 0.25) is 0 Å². The first-order valence-corrected chi connectivity index (χ1v) is 4.45. The first kappa shape index (κ1) is 10.1. The molecule has 0 saturated carbocycles. The molecule has 13 heavy (non-hydrogen) atoms. The van der Waals surface area contributed by atoms with E-state index in [1.165, 1.54) is 0 Å². The van der Waals surface area contributed by atoms with Gasteiger partial charge in [-0.15, -0.1) is 0 Å². The fraction of sp³-hybridized carbons (Fsp3) is 0.500. The van der Waals surface area contributed by atoms with Crippen LogP contribution < -0.4 is 5.73 Å². The van der Waals surface area contributed by atoms with Gasteiger partial charge in [-0.25, -0.2) is 0 Å². The Bertz CT molecular complexity index is 316. The van der Waals surface area contributed by atoms with Gasteiger partial charge in [0.25, 0.3) is 0 Å². The summed E-state index contributed by atoms with van der Waals surface area (Å²) < 4.78 is 1.78. The molecular weight excluding hydrogens is 188 g/mol. The van der Waals surface area contributed by atoms with Gasteiger partial charge < -0.3 is 5.73 Å². The van der Waals surface area contributed by atoms with Crippen LogP contribution in [0.2, 0.25) is 5.02 Å². The number of halogens is 1. The standard InChI is InChI=1S/C8H13ClN4/c1-5(2)13-7(3-8(10)11)6(9)4-12-13/h4-5H,3H2,1-2H3,(H3,10,11). The molecule has 0 spiro atoms. The van der Waals surface area contributed by atoms with Gasteiger partial charge in [0.05, 0.1) is 22.7 Å². The Morgan fingerprint density at radius 1 is 1.77 bits per heavy atom. The highest BCUT2D eigenvalue weighted by atomic mass is 35.5.